The third-order valence-corrected chi connectivity index (χ3v) is 2.46. The van der Waals surface area contributed by atoms with Crippen LogP contribution in [0.5, 0.6) is 0 Å². The van der Waals surface area contributed by atoms with E-state index in [4.69, 9.17) is 0 Å². The van der Waals surface area contributed by atoms with Gasteiger partial charge in [-0.3, -0.25) is 0 Å². The Bertz CT molecular complexity index is 469. The predicted octanol–water partition coefficient (Wildman–Crippen LogP) is 3.08. The summed E-state index contributed by atoms with van der Waals surface area (Å²) in [5.41, 5.74) is 3.49. The molecule has 0 aliphatic heterocycles. The molecule has 0 aliphatic carbocycles. The first-order chi connectivity index (χ1) is 7.35. The number of hydrogen-bond acceptors (Lipinski definition) is 1. The molecule has 2 heteroatoms. The van der Waals surface area contributed by atoms with Crippen molar-refractivity contribution < 1.29 is 0 Å². The lowest BCUT2D eigenvalue weighted by Gasteiger charge is -2.06. The van der Waals surface area contributed by atoms with Gasteiger partial charge in [-0.25, -0.2) is 4.68 Å². The molecule has 0 amide bonds. The van der Waals surface area contributed by atoms with E-state index in [0.29, 0.717) is 0 Å². The molecule has 0 aliphatic rings. The van der Waals surface area contributed by atoms with E-state index in [1.807, 2.05) is 23.1 Å². The minimum Gasteiger partial charge on any atom is -0.240 e. The first-order valence-electron chi connectivity index (χ1n) is 5.10. The molecule has 0 spiro atoms. The van der Waals surface area contributed by atoms with Crippen LogP contribution in [-0.4, -0.2) is 9.78 Å². The van der Waals surface area contributed by atoms with Gasteiger partial charge in [0.05, 0.1) is 11.9 Å². The van der Waals surface area contributed by atoms with Crippen LogP contribution in [0.25, 0.3) is 11.8 Å². The van der Waals surface area contributed by atoms with Gasteiger partial charge in [-0.2, -0.15) is 5.10 Å². The third-order valence-electron chi connectivity index (χ3n) is 2.46. The van der Waals surface area contributed by atoms with E-state index in [1.54, 1.807) is 6.08 Å². The van der Waals surface area contributed by atoms with E-state index in [9.17, 15) is 0 Å². The highest BCUT2D eigenvalue weighted by molar-refractivity contribution is 5.47. The SMILES string of the molecule is C=Cc1cnn(-c2ccccc2CC)c1. The van der Waals surface area contributed by atoms with Gasteiger partial charge in [0.25, 0.3) is 0 Å². The van der Waals surface area contributed by atoms with Gasteiger partial charge in [0.2, 0.25) is 0 Å². The lowest BCUT2D eigenvalue weighted by Crippen LogP contribution is -1.98. The molecule has 15 heavy (non-hydrogen) atoms. The first kappa shape index (κ1) is 9.71. The molecule has 1 aromatic heterocycles. The van der Waals surface area contributed by atoms with Crippen LogP contribution in [0.4, 0.5) is 0 Å². The second-order valence-electron chi connectivity index (χ2n) is 3.40. The van der Waals surface area contributed by atoms with Crippen LogP contribution >= 0.6 is 0 Å². The maximum atomic E-state index is 4.31. The van der Waals surface area contributed by atoms with Gasteiger partial charge in [-0.1, -0.05) is 37.8 Å². The van der Waals surface area contributed by atoms with Crippen molar-refractivity contribution in [3.63, 3.8) is 0 Å². The zero-order valence-corrected chi connectivity index (χ0v) is 8.85. The minimum atomic E-state index is 1.01. The van der Waals surface area contributed by atoms with Gasteiger partial charge in [-0.05, 0) is 18.1 Å². The van der Waals surface area contributed by atoms with Gasteiger partial charge in [0.1, 0.15) is 0 Å². The van der Waals surface area contributed by atoms with Crippen LogP contribution in [0.1, 0.15) is 18.1 Å². The fourth-order valence-electron chi connectivity index (χ4n) is 1.61. The molecule has 2 rings (SSSR count). The van der Waals surface area contributed by atoms with Gasteiger partial charge in [0, 0.05) is 11.8 Å². The van der Waals surface area contributed by atoms with Crippen LogP contribution in [-0.2, 0) is 6.42 Å². The highest BCUT2D eigenvalue weighted by Crippen LogP contribution is 2.15. The molecule has 0 radical (unpaired) electrons. The van der Waals surface area contributed by atoms with E-state index in [2.05, 4.69) is 36.8 Å². The van der Waals surface area contributed by atoms with Crippen molar-refractivity contribution in [3.8, 4) is 5.69 Å². The summed E-state index contributed by atoms with van der Waals surface area (Å²) in [7, 11) is 0. The summed E-state index contributed by atoms with van der Waals surface area (Å²) in [6.07, 6.45) is 6.62. The number of aromatic nitrogens is 2. The van der Waals surface area contributed by atoms with Crippen molar-refractivity contribution in [2.75, 3.05) is 0 Å². The lowest BCUT2D eigenvalue weighted by molar-refractivity contribution is 0.863. The summed E-state index contributed by atoms with van der Waals surface area (Å²) >= 11 is 0. The number of benzene rings is 1. The van der Waals surface area contributed by atoms with Crippen molar-refractivity contribution in [1.82, 2.24) is 9.78 Å². The van der Waals surface area contributed by atoms with Crippen molar-refractivity contribution in [2.45, 2.75) is 13.3 Å². The second kappa shape index (κ2) is 4.13. The van der Waals surface area contributed by atoms with Crippen molar-refractivity contribution in [3.05, 3.63) is 54.4 Å². The van der Waals surface area contributed by atoms with Crippen LogP contribution in [0.15, 0.2) is 43.2 Å². The number of rotatable bonds is 3. The monoisotopic (exact) mass is 198 g/mol. The summed E-state index contributed by atoms with van der Waals surface area (Å²) in [4.78, 5) is 0. The Morgan fingerprint density at radius 1 is 1.40 bits per heavy atom. The number of aryl methyl sites for hydroxylation is 1. The summed E-state index contributed by atoms with van der Waals surface area (Å²) < 4.78 is 1.90. The summed E-state index contributed by atoms with van der Waals surface area (Å²) in [6.45, 7) is 5.88. The van der Waals surface area contributed by atoms with Crippen LogP contribution in [0.3, 0.4) is 0 Å². The fraction of sp³-hybridized carbons (Fsp3) is 0.154. The molecular formula is C13H14N2. The molecule has 0 saturated heterocycles. The zero-order valence-electron chi connectivity index (χ0n) is 8.85. The Labute approximate surface area is 89.9 Å². The molecule has 0 saturated carbocycles. The topological polar surface area (TPSA) is 17.8 Å². The van der Waals surface area contributed by atoms with Gasteiger partial charge in [-0.15, -0.1) is 0 Å². The predicted molar refractivity (Wildman–Crippen MR) is 63.0 cm³/mol. The van der Waals surface area contributed by atoms with Crippen molar-refractivity contribution in [2.24, 2.45) is 0 Å². The van der Waals surface area contributed by atoms with E-state index in [-0.39, 0.29) is 0 Å². The highest BCUT2D eigenvalue weighted by atomic mass is 15.3. The lowest BCUT2D eigenvalue weighted by atomic mass is 10.1. The standard InChI is InChI=1S/C13H14N2/c1-3-11-9-14-15(10-11)13-8-6-5-7-12(13)4-2/h3,5-10H,1,4H2,2H3. The van der Waals surface area contributed by atoms with Crippen LogP contribution in [0.2, 0.25) is 0 Å². The van der Waals surface area contributed by atoms with Gasteiger partial charge >= 0.3 is 0 Å². The Hall–Kier alpha value is -1.83. The van der Waals surface area contributed by atoms with Crippen LogP contribution < -0.4 is 0 Å². The molecule has 0 unspecified atom stereocenters. The Kier molecular flexibility index (Phi) is 2.68. The number of para-hydroxylation sites is 1. The average Bonchev–Trinajstić information content (AvgIpc) is 2.77. The van der Waals surface area contributed by atoms with Gasteiger partial charge in [0.15, 0.2) is 0 Å². The third kappa shape index (κ3) is 1.84. The van der Waals surface area contributed by atoms with Crippen molar-refractivity contribution in [1.29, 1.82) is 0 Å². The van der Waals surface area contributed by atoms with E-state index in [1.165, 1.54) is 5.56 Å². The summed E-state index contributed by atoms with van der Waals surface area (Å²) in [5.74, 6) is 0. The van der Waals surface area contributed by atoms with Gasteiger partial charge < -0.3 is 0 Å². The number of hydrogen-bond donors (Lipinski definition) is 0. The molecule has 1 heterocycles. The smallest absolute Gasteiger partial charge is 0.0677 e. The maximum Gasteiger partial charge on any atom is 0.0677 e. The molecular weight excluding hydrogens is 184 g/mol. The fourth-order valence-corrected chi connectivity index (χ4v) is 1.61. The Morgan fingerprint density at radius 2 is 2.20 bits per heavy atom. The second-order valence-corrected chi connectivity index (χ2v) is 3.40. The minimum absolute atomic E-state index is 1.01. The van der Waals surface area contributed by atoms with E-state index in [0.717, 1.165) is 17.7 Å². The molecule has 2 nitrogen and oxygen atoms in total. The Morgan fingerprint density at radius 3 is 2.87 bits per heavy atom. The van der Waals surface area contributed by atoms with E-state index >= 15 is 0 Å². The molecule has 76 valence electrons. The van der Waals surface area contributed by atoms with E-state index < -0.39 is 0 Å². The Balaban J connectivity index is 2.48. The van der Waals surface area contributed by atoms with Crippen molar-refractivity contribution >= 4 is 6.08 Å². The number of nitrogens with zero attached hydrogens (tertiary/aromatic N) is 2. The molecule has 0 fully saturated rings. The normalized spacial score (nSPS) is 10.2. The molecule has 2 aromatic rings. The van der Waals surface area contributed by atoms with Crippen LogP contribution in [0, 0.1) is 0 Å². The largest absolute Gasteiger partial charge is 0.240 e. The molecule has 1 aromatic carbocycles. The maximum absolute atomic E-state index is 4.31. The summed E-state index contributed by atoms with van der Waals surface area (Å²) in [5, 5.41) is 4.31. The quantitative estimate of drug-likeness (QED) is 0.741. The highest BCUT2D eigenvalue weighted by Gasteiger charge is 2.02. The molecule has 0 N–H and O–H groups in total. The first-order valence-corrected chi connectivity index (χ1v) is 5.10. The summed E-state index contributed by atoms with van der Waals surface area (Å²) in [6, 6.07) is 8.30. The zero-order chi connectivity index (χ0) is 10.7. The molecule has 0 atom stereocenters. The average molecular weight is 198 g/mol. The molecule has 0 bridgehead atoms.